The van der Waals surface area contributed by atoms with Crippen LogP contribution in [0.1, 0.15) is 11.3 Å². The Balaban J connectivity index is 2.14. The number of fused-ring (bicyclic) bond motifs is 1. The number of hydrogen-bond donors (Lipinski definition) is 1. The van der Waals surface area contributed by atoms with Crippen LogP contribution in [0.3, 0.4) is 0 Å². The molecule has 0 aliphatic heterocycles. The zero-order valence-electron chi connectivity index (χ0n) is 11.7. The first-order valence-electron chi connectivity index (χ1n) is 6.55. The molecule has 0 aliphatic rings. The number of nitrogen functional groups attached to an aromatic ring is 1. The van der Waals surface area contributed by atoms with Crippen LogP contribution < -0.4 is 5.73 Å². The summed E-state index contributed by atoms with van der Waals surface area (Å²) in [5.41, 5.74) is 10.6. The fourth-order valence-corrected chi connectivity index (χ4v) is 2.20. The first-order valence-corrected chi connectivity index (χ1v) is 6.55. The molecule has 3 aromatic rings. The summed E-state index contributed by atoms with van der Waals surface area (Å²) < 4.78 is 1.72. The Hall–Kier alpha value is -2.95. The number of aromatic nitrogens is 4. The Morgan fingerprint density at radius 1 is 1.29 bits per heavy atom. The van der Waals surface area contributed by atoms with Crippen molar-refractivity contribution in [3.05, 3.63) is 60.7 Å². The lowest BCUT2D eigenvalue weighted by molar-refractivity contribution is 0.918. The second-order valence-electron chi connectivity index (χ2n) is 4.67. The van der Waals surface area contributed by atoms with Gasteiger partial charge in [-0.15, -0.1) is 5.10 Å². The number of pyridine rings is 1. The number of aryl methyl sites for hydroxylation is 1. The normalized spacial score (nSPS) is 11.3. The standard InChI is InChI=1S/C16H15N5/c1-3-4-5-12-8-13(9-18-11(12)2)14-6-7-21-15(14)10-19-16(17)20-21/h3-10H,1H2,2H3,(H2,17,20)/b5-4-. The summed E-state index contributed by atoms with van der Waals surface area (Å²) in [5.74, 6) is 0.251. The van der Waals surface area contributed by atoms with Crippen LogP contribution in [0.4, 0.5) is 5.95 Å². The van der Waals surface area contributed by atoms with Crippen molar-refractivity contribution in [2.75, 3.05) is 5.73 Å². The van der Waals surface area contributed by atoms with Crippen LogP contribution in [0.5, 0.6) is 0 Å². The van der Waals surface area contributed by atoms with Gasteiger partial charge >= 0.3 is 0 Å². The molecule has 0 bridgehead atoms. The molecule has 0 amide bonds. The zero-order valence-corrected chi connectivity index (χ0v) is 11.7. The number of anilines is 1. The van der Waals surface area contributed by atoms with Gasteiger partial charge in [0, 0.05) is 29.2 Å². The van der Waals surface area contributed by atoms with E-state index in [9.17, 15) is 0 Å². The van der Waals surface area contributed by atoms with Gasteiger partial charge in [-0.1, -0.05) is 24.8 Å². The molecule has 104 valence electrons. The predicted octanol–water partition coefficient (Wildman–Crippen LogP) is 2.88. The van der Waals surface area contributed by atoms with E-state index in [0.717, 1.165) is 27.9 Å². The van der Waals surface area contributed by atoms with E-state index in [0.29, 0.717) is 0 Å². The zero-order chi connectivity index (χ0) is 14.8. The highest BCUT2D eigenvalue weighted by Crippen LogP contribution is 2.26. The molecule has 21 heavy (non-hydrogen) atoms. The highest BCUT2D eigenvalue weighted by Gasteiger charge is 2.08. The molecule has 5 heteroatoms. The third-order valence-corrected chi connectivity index (χ3v) is 3.28. The molecule has 0 atom stereocenters. The minimum atomic E-state index is 0.251. The van der Waals surface area contributed by atoms with Gasteiger partial charge in [-0.3, -0.25) is 4.98 Å². The van der Waals surface area contributed by atoms with Gasteiger partial charge in [-0.2, -0.15) is 0 Å². The van der Waals surface area contributed by atoms with E-state index in [4.69, 9.17) is 5.73 Å². The van der Waals surface area contributed by atoms with E-state index >= 15 is 0 Å². The average molecular weight is 277 g/mol. The van der Waals surface area contributed by atoms with Gasteiger partial charge in [0.25, 0.3) is 0 Å². The van der Waals surface area contributed by atoms with Gasteiger partial charge in [0.05, 0.1) is 11.7 Å². The quantitative estimate of drug-likeness (QED) is 0.747. The van der Waals surface area contributed by atoms with Crippen molar-refractivity contribution >= 4 is 17.5 Å². The smallest absolute Gasteiger partial charge is 0.238 e. The Kier molecular flexibility index (Phi) is 3.23. The third kappa shape index (κ3) is 2.41. The lowest BCUT2D eigenvalue weighted by Crippen LogP contribution is -1.99. The summed E-state index contributed by atoms with van der Waals surface area (Å²) in [5, 5.41) is 4.15. The first kappa shape index (κ1) is 13.1. The van der Waals surface area contributed by atoms with Crippen molar-refractivity contribution in [3.63, 3.8) is 0 Å². The molecular formula is C16H15N5. The molecule has 0 aliphatic carbocycles. The Morgan fingerprint density at radius 3 is 2.95 bits per heavy atom. The van der Waals surface area contributed by atoms with Crippen LogP contribution in [0.2, 0.25) is 0 Å². The summed E-state index contributed by atoms with van der Waals surface area (Å²) in [6.07, 6.45) is 11.1. The molecule has 0 aromatic carbocycles. The fourth-order valence-electron chi connectivity index (χ4n) is 2.20. The molecule has 0 unspecified atom stereocenters. The SMILES string of the molecule is C=C/C=C\c1cc(-c2ccn3nc(N)ncc23)cnc1C. The maximum Gasteiger partial charge on any atom is 0.238 e. The van der Waals surface area contributed by atoms with Crippen molar-refractivity contribution in [2.24, 2.45) is 0 Å². The van der Waals surface area contributed by atoms with Gasteiger partial charge in [0.1, 0.15) is 0 Å². The Morgan fingerprint density at radius 2 is 2.14 bits per heavy atom. The summed E-state index contributed by atoms with van der Waals surface area (Å²) in [4.78, 5) is 8.51. The minimum Gasteiger partial charge on any atom is -0.367 e. The van der Waals surface area contributed by atoms with Crippen LogP contribution in [0.15, 0.2) is 49.5 Å². The topological polar surface area (TPSA) is 69.1 Å². The molecule has 0 spiro atoms. The number of nitrogens with zero attached hydrogens (tertiary/aromatic N) is 4. The van der Waals surface area contributed by atoms with E-state index in [2.05, 4.69) is 27.7 Å². The number of rotatable bonds is 3. The number of nitrogens with two attached hydrogens (primary N) is 1. The minimum absolute atomic E-state index is 0.251. The van der Waals surface area contributed by atoms with Crippen LogP contribution in [-0.4, -0.2) is 19.6 Å². The average Bonchev–Trinajstić information content (AvgIpc) is 2.89. The van der Waals surface area contributed by atoms with Crippen LogP contribution in [0.25, 0.3) is 22.7 Å². The van der Waals surface area contributed by atoms with Gasteiger partial charge in [-0.25, -0.2) is 9.50 Å². The second-order valence-corrected chi connectivity index (χ2v) is 4.67. The first-order chi connectivity index (χ1) is 10.2. The predicted molar refractivity (Wildman–Crippen MR) is 84.6 cm³/mol. The van der Waals surface area contributed by atoms with E-state index < -0.39 is 0 Å². The van der Waals surface area contributed by atoms with Gasteiger partial charge in [0.15, 0.2) is 0 Å². The lowest BCUT2D eigenvalue weighted by atomic mass is 10.1. The molecule has 0 saturated heterocycles. The molecule has 0 saturated carbocycles. The monoisotopic (exact) mass is 277 g/mol. The molecule has 5 nitrogen and oxygen atoms in total. The van der Waals surface area contributed by atoms with E-state index in [1.54, 1.807) is 16.8 Å². The number of allylic oxidation sites excluding steroid dienone is 2. The highest BCUT2D eigenvalue weighted by molar-refractivity contribution is 5.81. The summed E-state index contributed by atoms with van der Waals surface area (Å²) in [6, 6.07) is 4.07. The van der Waals surface area contributed by atoms with Crippen LogP contribution in [-0.2, 0) is 0 Å². The lowest BCUT2D eigenvalue weighted by Gasteiger charge is -2.04. The Bertz CT molecular complexity index is 845. The summed E-state index contributed by atoms with van der Waals surface area (Å²) in [7, 11) is 0. The molecule has 3 rings (SSSR count). The molecule has 0 radical (unpaired) electrons. The maximum absolute atomic E-state index is 5.60. The van der Waals surface area contributed by atoms with Crippen LogP contribution >= 0.6 is 0 Å². The van der Waals surface area contributed by atoms with Crippen molar-refractivity contribution in [2.45, 2.75) is 6.92 Å². The second kappa shape index (κ2) is 5.20. The largest absolute Gasteiger partial charge is 0.367 e. The van der Waals surface area contributed by atoms with Crippen molar-refractivity contribution in [3.8, 4) is 11.1 Å². The summed E-state index contributed by atoms with van der Waals surface area (Å²) >= 11 is 0. The van der Waals surface area contributed by atoms with Gasteiger partial charge in [-0.05, 0) is 24.6 Å². The maximum atomic E-state index is 5.60. The summed E-state index contributed by atoms with van der Waals surface area (Å²) in [6.45, 7) is 5.67. The van der Waals surface area contributed by atoms with E-state index in [1.165, 1.54) is 0 Å². The van der Waals surface area contributed by atoms with Gasteiger partial charge in [0.2, 0.25) is 5.95 Å². The molecule has 0 fully saturated rings. The van der Waals surface area contributed by atoms with Crippen molar-refractivity contribution < 1.29 is 0 Å². The number of hydrogen-bond acceptors (Lipinski definition) is 4. The van der Waals surface area contributed by atoms with Crippen LogP contribution in [0, 0.1) is 6.92 Å². The van der Waals surface area contributed by atoms with Crippen molar-refractivity contribution in [1.82, 2.24) is 19.6 Å². The fraction of sp³-hybridized carbons (Fsp3) is 0.0625. The third-order valence-electron chi connectivity index (χ3n) is 3.28. The van der Waals surface area contributed by atoms with Gasteiger partial charge < -0.3 is 5.73 Å². The molecular weight excluding hydrogens is 262 g/mol. The van der Waals surface area contributed by atoms with Crippen molar-refractivity contribution in [1.29, 1.82) is 0 Å². The van der Waals surface area contributed by atoms with E-state index in [1.807, 2.05) is 37.5 Å². The van der Waals surface area contributed by atoms with E-state index in [-0.39, 0.29) is 5.95 Å². The molecule has 3 heterocycles. The highest BCUT2D eigenvalue weighted by atomic mass is 15.3. The molecule has 3 aromatic heterocycles. The Labute approximate surface area is 122 Å². The molecule has 2 N–H and O–H groups in total.